The van der Waals surface area contributed by atoms with Crippen LogP contribution < -0.4 is 10.1 Å². The van der Waals surface area contributed by atoms with Crippen molar-refractivity contribution >= 4 is 5.69 Å². The summed E-state index contributed by atoms with van der Waals surface area (Å²) >= 11 is 0. The number of nitrogens with one attached hydrogen (secondary N) is 1. The van der Waals surface area contributed by atoms with Gasteiger partial charge in [-0.3, -0.25) is 0 Å². The highest BCUT2D eigenvalue weighted by Gasteiger charge is 2.16. The lowest BCUT2D eigenvalue weighted by molar-refractivity contribution is 0.210. The fourth-order valence-electron chi connectivity index (χ4n) is 2.36. The van der Waals surface area contributed by atoms with Crippen molar-refractivity contribution in [1.82, 2.24) is 0 Å². The third kappa shape index (κ3) is 4.25. The van der Waals surface area contributed by atoms with Crippen LogP contribution >= 0.6 is 0 Å². The van der Waals surface area contributed by atoms with E-state index in [1.807, 2.05) is 0 Å². The van der Waals surface area contributed by atoms with Crippen LogP contribution in [0.25, 0.3) is 0 Å². The van der Waals surface area contributed by atoms with Gasteiger partial charge in [0.15, 0.2) is 0 Å². The SMILES string of the molecule is CC(C)CCNc1ccc(OC2CCCC2)cc1. The van der Waals surface area contributed by atoms with Gasteiger partial charge in [-0.2, -0.15) is 0 Å². The van der Waals surface area contributed by atoms with Gasteiger partial charge in [-0.05, 0) is 62.3 Å². The Balaban J connectivity index is 1.77. The average molecular weight is 247 g/mol. The van der Waals surface area contributed by atoms with Crippen molar-refractivity contribution in [3.05, 3.63) is 24.3 Å². The van der Waals surface area contributed by atoms with Crippen LogP contribution in [0, 0.1) is 5.92 Å². The maximum Gasteiger partial charge on any atom is 0.119 e. The molecule has 100 valence electrons. The van der Waals surface area contributed by atoms with Gasteiger partial charge in [0.2, 0.25) is 0 Å². The second-order valence-electron chi connectivity index (χ2n) is 5.66. The van der Waals surface area contributed by atoms with Crippen molar-refractivity contribution in [2.45, 2.75) is 52.1 Å². The topological polar surface area (TPSA) is 21.3 Å². The van der Waals surface area contributed by atoms with Gasteiger partial charge in [0.25, 0.3) is 0 Å². The first-order valence-corrected chi connectivity index (χ1v) is 7.24. The summed E-state index contributed by atoms with van der Waals surface area (Å²) < 4.78 is 5.95. The summed E-state index contributed by atoms with van der Waals surface area (Å²) in [5.74, 6) is 1.76. The van der Waals surface area contributed by atoms with Gasteiger partial charge in [0.05, 0.1) is 6.10 Å². The molecular weight excluding hydrogens is 222 g/mol. The standard InChI is InChI=1S/C16H25NO/c1-13(2)11-12-17-14-7-9-16(10-8-14)18-15-5-3-4-6-15/h7-10,13,15,17H,3-6,11-12H2,1-2H3. The fourth-order valence-corrected chi connectivity index (χ4v) is 2.36. The Bertz CT molecular complexity index is 339. The zero-order chi connectivity index (χ0) is 12.8. The van der Waals surface area contributed by atoms with Crippen LogP contribution in [0.3, 0.4) is 0 Å². The van der Waals surface area contributed by atoms with Crippen LogP contribution in [0.1, 0.15) is 46.0 Å². The molecule has 0 aliphatic heterocycles. The number of hydrogen-bond donors (Lipinski definition) is 1. The minimum absolute atomic E-state index is 0.449. The van der Waals surface area contributed by atoms with Crippen LogP contribution in [0.5, 0.6) is 5.75 Å². The molecule has 0 atom stereocenters. The molecule has 0 spiro atoms. The summed E-state index contributed by atoms with van der Waals surface area (Å²) in [4.78, 5) is 0. The lowest BCUT2D eigenvalue weighted by Crippen LogP contribution is -2.10. The second kappa shape index (κ2) is 6.67. The van der Waals surface area contributed by atoms with Crippen molar-refractivity contribution in [3.8, 4) is 5.75 Å². The molecule has 18 heavy (non-hydrogen) atoms. The minimum Gasteiger partial charge on any atom is -0.490 e. The number of benzene rings is 1. The first kappa shape index (κ1) is 13.3. The summed E-state index contributed by atoms with van der Waals surface area (Å²) in [7, 11) is 0. The quantitative estimate of drug-likeness (QED) is 0.801. The van der Waals surface area contributed by atoms with E-state index >= 15 is 0 Å². The molecule has 1 aromatic carbocycles. The van der Waals surface area contributed by atoms with Crippen molar-refractivity contribution in [2.75, 3.05) is 11.9 Å². The molecule has 0 amide bonds. The molecule has 1 aliphatic rings. The molecule has 1 fully saturated rings. The molecule has 1 N–H and O–H groups in total. The van der Waals surface area contributed by atoms with Gasteiger partial charge >= 0.3 is 0 Å². The summed E-state index contributed by atoms with van der Waals surface area (Å²) in [6.07, 6.45) is 6.73. The molecule has 0 unspecified atom stereocenters. The van der Waals surface area contributed by atoms with E-state index in [0.717, 1.165) is 18.2 Å². The zero-order valence-electron chi connectivity index (χ0n) is 11.6. The van der Waals surface area contributed by atoms with E-state index in [2.05, 4.69) is 43.4 Å². The van der Waals surface area contributed by atoms with Crippen molar-refractivity contribution in [3.63, 3.8) is 0 Å². The third-order valence-electron chi connectivity index (χ3n) is 3.51. The van der Waals surface area contributed by atoms with Crippen molar-refractivity contribution < 1.29 is 4.74 Å². The number of hydrogen-bond acceptors (Lipinski definition) is 2. The Morgan fingerprint density at radius 1 is 1.17 bits per heavy atom. The highest BCUT2D eigenvalue weighted by molar-refractivity contribution is 5.46. The summed E-state index contributed by atoms with van der Waals surface area (Å²) in [6, 6.07) is 8.39. The van der Waals surface area contributed by atoms with Gasteiger partial charge in [-0.15, -0.1) is 0 Å². The Kier molecular flexibility index (Phi) is 4.91. The molecule has 0 saturated heterocycles. The smallest absolute Gasteiger partial charge is 0.119 e. The van der Waals surface area contributed by atoms with Crippen LogP contribution in [0.2, 0.25) is 0 Å². The highest BCUT2D eigenvalue weighted by atomic mass is 16.5. The van der Waals surface area contributed by atoms with E-state index in [1.54, 1.807) is 0 Å². The Morgan fingerprint density at radius 2 is 1.83 bits per heavy atom. The van der Waals surface area contributed by atoms with E-state index in [4.69, 9.17) is 4.74 Å². The van der Waals surface area contributed by atoms with Crippen LogP contribution in [-0.4, -0.2) is 12.6 Å². The lowest BCUT2D eigenvalue weighted by Gasteiger charge is -2.14. The number of anilines is 1. The normalized spacial score (nSPS) is 16.2. The number of rotatable bonds is 6. The first-order chi connectivity index (χ1) is 8.74. The Hall–Kier alpha value is -1.18. The molecular formula is C16H25NO. The Morgan fingerprint density at radius 3 is 2.44 bits per heavy atom. The van der Waals surface area contributed by atoms with Gasteiger partial charge in [-0.1, -0.05) is 13.8 Å². The molecule has 1 aromatic rings. The molecule has 2 nitrogen and oxygen atoms in total. The second-order valence-corrected chi connectivity index (χ2v) is 5.66. The molecule has 0 radical (unpaired) electrons. The minimum atomic E-state index is 0.449. The van der Waals surface area contributed by atoms with E-state index in [-0.39, 0.29) is 0 Å². The molecule has 0 aromatic heterocycles. The van der Waals surface area contributed by atoms with E-state index in [1.165, 1.54) is 37.8 Å². The highest BCUT2D eigenvalue weighted by Crippen LogP contribution is 2.24. The average Bonchev–Trinajstić information content (AvgIpc) is 2.84. The summed E-state index contributed by atoms with van der Waals surface area (Å²) in [5, 5.41) is 3.44. The lowest BCUT2D eigenvalue weighted by atomic mass is 10.1. The molecule has 1 saturated carbocycles. The molecule has 1 aliphatic carbocycles. The first-order valence-electron chi connectivity index (χ1n) is 7.24. The van der Waals surface area contributed by atoms with E-state index in [0.29, 0.717) is 6.10 Å². The summed E-state index contributed by atoms with van der Waals surface area (Å²) in [6.45, 7) is 5.54. The van der Waals surface area contributed by atoms with Gasteiger partial charge in [-0.25, -0.2) is 0 Å². The molecule has 2 rings (SSSR count). The number of ether oxygens (including phenoxy) is 1. The van der Waals surface area contributed by atoms with Crippen LogP contribution in [0.4, 0.5) is 5.69 Å². The monoisotopic (exact) mass is 247 g/mol. The van der Waals surface area contributed by atoms with Gasteiger partial charge in [0, 0.05) is 12.2 Å². The van der Waals surface area contributed by atoms with Gasteiger partial charge in [0.1, 0.15) is 5.75 Å². The largest absolute Gasteiger partial charge is 0.490 e. The zero-order valence-corrected chi connectivity index (χ0v) is 11.6. The van der Waals surface area contributed by atoms with Crippen LogP contribution in [0.15, 0.2) is 24.3 Å². The molecule has 0 heterocycles. The molecule has 0 bridgehead atoms. The van der Waals surface area contributed by atoms with Gasteiger partial charge < -0.3 is 10.1 Å². The van der Waals surface area contributed by atoms with Crippen molar-refractivity contribution in [2.24, 2.45) is 5.92 Å². The van der Waals surface area contributed by atoms with Crippen molar-refractivity contribution in [1.29, 1.82) is 0 Å². The summed E-state index contributed by atoms with van der Waals surface area (Å²) in [5.41, 5.74) is 1.19. The Labute approximate surface area is 111 Å². The third-order valence-corrected chi connectivity index (χ3v) is 3.51. The van der Waals surface area contributed by atoms with E-state index in [9.17, 15) is 0 Å². The molecule has 2 heteroatoms. The predicted octanol–water partition coefficient (Wildman–Crippen LogP) is 4.47. The maximum absolute atomic E-state index is 5.95. The van der Waals surface area contributed by atoms with E-state index < -0.39 is 0 Å². The maximum atomic E-state index is 5.95. The predicted molar refractivity (Wildman–Crippen MR) is 77.3 cm³/mol. The van der Waals surface area contributed by atoms with Crippen LogP contribution in [-0.2, 0) is 0 Å². The fraction of sp³-hybridized carbons (Fsp3) is 0.625.